The minimum Gasteiger partial charge on any atom is -0.501 e. The van der Waals surface area contributed by atoms with Gasteiger partial charge in [-0.15, -0.1) is 0 Å². The molecule has 0 heterocycles. The van der Waals surface area contributed by atoms with Gasteiger partial charge in [-0.1, -0.05) is 38.3 Å². The average molecular weight is 252 g/mol. The van der Waals surface area contributed by atoms with Crippen molar-refractivity contribution in [1.29, 1.82) is 0 Å². The van der Waals surface area contributed by atoms with Gasteiger partial charge in [-0.05, 0) is 32.6 Å². The fourth-order valence-electron chi connectivity index (χ4n) is 3.06. The van der Waals surface area contributed by atoms with Gasteiger partial charge < -0.3 is 9.47 Å². The van der Waals surface area contributed by atoms with Gasteiger partial charge in [-0.3, -0.25) is 0 Å². The van der Waals surface area contributed by atoms with E-state index in [0.29, 0.717) is 0 Å². The molecule has 2 heteroatoms. The maximum atomic E-state index is 5.70. The van der Waals surface area contributed by atoms with Gasteiger partial charge in [-0.2, -0.15) is 0 Å². The SMILES string of the molecule is CC=COCC1(COC=CC)CCCCC1CC. The van der Waals surface area contributed by atoms with Crippen LogP contribution in [0.2, 0.25) is 0 Å². The largest absolute Gasteiger partial charge is 0.501 e. The smallest absolute Gasteiger partial charge is 0.0964 e. The molecule has 0 N–H and O–H groups in total. The molecule has 18 heavy (non-hydrogen) atoms. The van der Waals surface area contributed by atoms with Crippen LogP contribution in [0.15, 0.2) is 24.7 Å². The van der Waals surface area contributed by atoms with E-state index >= 15 is 0 Å². The first-order valence-electron chi connectivity index (χ1n) is 7.24. The van der Waals surface area contributed by atoms with E-state index in [9.17, 15) is 0 Å². The summed E-state index contributed by atoms with van der Waals surface area (Å²) < 4.78 is 11.4. The van der Waals surface area contributed by atoms with E-state index in [1.807, 2.05) is 26.0 Å². The van der Waals surface area contributed by atoms with Crippen LogP contribution in [-0.4, -0.2) is 13.2 Å². The Balaban J connectivity index is 2.69. The highest BCUT2D eigenvalue weighted by atomic mass is 16.5. The van der Waals surface area contributed by atoms with E-state index in [4.69, 9.17) is 9.47 Å². The van der Waals surface area contributed by atoms with Crippen LogP contribution < -0.4 is 0 Å². The van der Waals surface area contributed by atoms with Crippen molar-refractivity contribution in [2.24, 2.45) is 11.3 Å². The maximum Gasteiger partial charge on any atom is 0.0964 e. The van der Waals surface area contributed by atoms with Crippen molar-refractivity contribution in [2.45, 2.75) is 52.9 Å². The normalized spacial score (nSPS) is 28.9. The summed E-state index contributed by atoms with van der Waals surface area (Å²) in [4.78, 5) is 0. The van der Waals surface area contributed by atoms with Crippen LogP contribution in [0.1, 0.15) is 52.9 Å². The highest BCUT2D eigenvalue weighted by Gasteiger charge is 2.41. The number of allylic oxidation sites excluding steroid dienone is 2. The Hall–Kier alpha value is -0.920. The minimum absolute atomic E-state index is 0.200. The van der Waals surface area contributed by atoms with Gasteiger partial charge >= 0.3 is 0 Å². The van der Waals surface area contributed by atoms with Gasteiger partial charge in [-0.25, -0.2) is 0 Å². The molecule has 1 saturated carbocycles. The van der Waals surface area contributed by atoms with Crippen LogP contribution in [-0.2, 0) is 9.47 Å². The number of hydrogen-bond donors (Lipinski definition) is 0. The fourth-order valence-corrected chi connectivity index (χ4v) is 3.06. The highest BCUT2D eigenvalue weighted by molar-refractivity contribution is 4.90. The summed E-state index contributed by atoms with van der Waals surface area (Å²) in [6.07, 6.45) is 13.9. The van der Waals surface area contributed by atoms with Gasteiger partial charge in [0, 0.05) is 5.41 Å². The lowest BCUT2D eigenvalue weighted by Crippen LogP contribution is -2.41. The Bertz CT molecular complexity index is 252. The second-order valence-corrected chi connectivity index (χ2v) is 5.27. The van der Waals surface area contributed by atoms with Crippen LogP contribution in [0.5, 0.6) is 0 Å². The van der Waals surface area contributed by atoms with Gasteiger partial charge in [0.25, 0.3) is 0 Å². The van der Waals surface area contributed by atoms with Gasteiger partial charge in [0.2, 0.25) is 0 Å². The number of rotatable bonds is 7. The Morgan fingerprint density at radius 3 is 2.17 bits per heavy atom. The third-order valence-corrected chi connectivity index (χ3v) is 4.04. The third-order valence-electron chi connectivity index (χ3n) is 4.04. The Kier molecular flexibility index (Phi) is 6.92. The van der Waals surface area contributed by atoms with E-state index < -0.39 is 0 Å². The van der Waals surface area contributed by atoms with E-state index in [1.165, 1.54) is 32.1 Å². The fraction of sp³-hybridized carbons (Fsp3) is 0.750. The molecule has 0 amide bonds. The van der Waals surface area contributed by atoms with E-state index in [-0.39, 0.29) is 5.41 Å². The first-order valence-corrected chi connectivity index (χ1v) is 7.24. The van der Waals surface area contributed by atoms with Crippen molar-refractivity contribution >= 4 is 0 Å². The van der Waals surface area contributed by atoms with Crippen molar-refractivity contribution in [3.63, 3.8) is 0 Å². The summed E-state index contributed by atoms with van der Waals surface area (Å²) in [6, 6.07) is 0. The summed E-state index contributed by atoms with van der Waals surface area (Å²) in [7, 11) is 0. The Labute approximate surface area is 112 Å². The summed E-state index contributed by atoms with van der Waals surface area (Å²) in [5.41, 5.74) is 0.200. The molecule has 104 valence electrons. The lowest BCUT2D eigenvalue weighted by molar-refractivity contribution is -0.0352. The summed E-state index contributed by atoms with van der Waals surface area (Å²) in [5.74, 6) is 0.724. The lowest BCUT2D eigenvalue weighted by atomic mass is 9.66. The van der Waals surface area contributed by atoms with Gasteiger partial charge in [0.05, 0.1) is 25.7 Å². The summed E-state index contributed by atoms with van der Waals surface area (Å²) in [6.45, 7) is 7.83. The molecule has 0 radical (unpaired) electrons. The van der Waals surface area contributed by atoms with Crippen molar-refractivity contribution in [3.8, 4) is 0 Å². The molecule has 0 aromatic carbocycles. The van der Waals surface area contributed by atoms with Crippen LogP contribution in [0.3, 0.4) is 0 Å². The van der Waals surface area contributed by atoms with Crippen molar-refractivity contribution in [2.75, 3.05) is 13.2 Å². The summed E-state index contributed by atoms with van der Waals surface area (Å²) >= 11 is 0. The van der Waals surface area contributed by atoms with Gasteiger partial charge in [0.1, 0.15) is 0 Å². The first-order chi connectivity index (χ1) is 8.79. The number of hydrogen-bond acceptors (Lipinski definition) is 2. The molecule has 0 aliphatic heterocycles. The number of ether oxygens (including phenoxy) is 2. The van der Waals surface area contributed by atoms with Crippen LogP contribution in [0.25, 0.3) is 0 Å². The zero-order valence-corrected chi connectivity index (χ0v) is 12.2. The standard InChI is InChI=1S/C16H28O2/c1-4-11-17-13-16(14-18-12-5-2)10-8-7-9-15(16)6-3/h4-5,11-12,15H,6-10,13-14H2,1-3H3. The monoisotopic (exact) mass is 252 g/mol. The highest BCUT2D eigenvalue weighted by Crippen LogP contribution is 2.43. The van der Waals surface area contributed by atoms with Crippen molar-refractivity contribution in [3.05, 3.63) is 24.7 Å². The Morgan fingerprint density at radius 2 is 1.67 bits per heavy atom. The molecule has 0 aromatic rings. The van der Waals surface area contributed by atoms with E-state index in [1.54, 1.807) is 12.5 Å². The second-order valence-electron chi connectivity index (χ2n) is 5.27. The van der Waals surface area contributed by atoms with E-state index in [2.05, 4.69) is 6.92 Å². The first kappa shape index (κ1) is 15.1. The average Bonchev–Trinajstić information content (AvgIpc) is 2.40. The topological polar surface area (TPSA) is 18.5 Å². The molecule has 1 fully saturated rings. The lowest BCUT2D eigenvalue weighted by Gasteiger charge is -2.42. The second kappa shape index (κ2) is 8.23. The zero-order chi connectivity index (χ0) is 13.3. The van der Waals surface area contributed by atoms with Crippen molar-refractivity contribution in [1.82, 2.24) is 0 Å². The third kappa shape index (κ3) is 4.08. The molecule has 1 unspecified atom stereocenters. The van der Waals surface area contributed by atoms with Crippen LogP contribution >= 0.6 is 0 Å². The maximum absolute atomic E-state index is 5.70. The molecule has 1 aliphatic carbocycles. The van der Waals surface area contributed by atoms with Gasteiger partial charge in [0.15, 0.2) is 0 Å². The predicted octanol–water partition coefficient (Wildman–Crippen LogP) is 4.67. The van der Waals surface area contributed by atoms with Crippen LogP contribution in [0, 0.1) is 11.3 Å². The molecule has 1 aliphatic rings. The van der Waals surface area contributed by atoms with Crippen LogP contribution in [0.4, 0.5) is 0 Å². The quantitative estimate of drug-likeness (QED) is 0.613. The molecule has 1 rings (SSSR count). The Morgan fingerprint density at radius 1 is 1.06 bits per heavy atom. The molecular formula is C16H28O2. The molecule has 1 atom stereocenters. The zero-order valence-electron chi connectivity index (χ0n) is 12.2. The molecule has 0 bridgehead atoms. The molecule has 2 nitrogen and oxygen atoms in total. The van der Waals surface area contributed by atoms with E-state index in [0.717, 1.165) is 19.1 Å². The minimum atomic E-state index is 0.200. The van der Waals surface area contributed by atoms with Crippen molar-refractivity contribution < 1.29 is 9.47 Å². The molecule has 0 aromatic heterocycles. The molecular weight excluding hydrogens is 224 g/mol. The molecule has 0 saturated heterocycles. The summed E-state index contributed by atoms with van der Waals surface area (Å²) in [5, 5.41) is 0. The molecule has 0 spiro atoms. The predicted molar refractivity (Wildman–Crippen MR) is 76.2 cm³/mol.